The summed E-state index contributed by atoms with van der Waals surface area (Å²) in [5.74, 6) is 0.322. The number of urea groups is 1. The van der Waals surface area contributed by atoms with Crippen LogP contribution in [0.3, 0.4) is 0 Å². The highest BCUT2D eigenvalue weighted by molar-refractivity contribution is 7.09. The van der Waals surface area contributed by atoms with E-state index in [4.69, 9.17) is 5.73 Å². The van der Waals surface area contributed by atoms with E-state index in [2.05, 4.69) is 9.98 Å². The minimum absolute atomic E-state index is 0.285. The SMILES string of the molecule is Cc1nc(C2C(N)=NC(=O)N2C)cs1. The third-order valence-corrected chi connectivity index (χ3v) is 2.90. The molecule has 1 atom stereocenters. The molecule has 6 heteroatoms. The smallest absolute Gasteiger partial charge is 0.345 e. The Labute approximate surface area is 85.3 Å². The van der Waals surface area contributed by atoms with Crippen molar-refractivity contribution in [3.05, 3.63) is 16.1 Å². The number of hydrogen-bond acceptors (Lipinski definition) is 4. The molecule has 0 aromatic carbocycles. The van der Waals surface area contributed by atoms with Gasteiger partial charge in [0.1, 0.15) is 11.9 Å². The van der Waals surface area contributed by atoms with Crippen molar-refractivity contribution in [3.8, 4) is 0 Å². The van der Waals surface area contributed by atoms with E-state index in [9.17, 15) is 4.79 Å². The van der Waals surface area contributed by atoms with Crippen molar-refractivity contribution >= 4 is 23.2 Å². The Morgan fingerprint density at radius 1 is 1.64 bits per heavy atom. The van der Waals surface area contributed by atoms with Crippen LogP contribution in [0, 0.1) is 6.92 Å². The topological polar surface area (TPSA) is 71.6 Å². The molecule has 0 aliphatic carbocycles. The standard InChI is InChI=1S/C8H10N4OS/c1-4-10-5(3-14-4)6-7(9)11-8(13)12(6)2/h3,6H,1-2H3,(H2,9,11,13). The molecule has 0 bridgehead atoms. The van der Waals surface area contributed by atoms with Crippen LogP contribution in [-0.4, -0.2) is 28.8 Å². The summed E-state index contributed by atoms with van der Waals surface area (Å²) < 4.78 is 0. The van der Waals surface area contributed by atoms with Crippen molar-refractivity contribution in [2.24, 2.45) is 10.7 Å². The summed E-state index contributed by atoms with van der Waals surface area (Å²) in [6.07, 6.45) is 0. The van der Waals surface area contributed by atoms with Gasteiger partial charge < -0.3 is 10.6 Å². The van der Waals surface area contributed by atoms with E-state index in [-0.39, 0.29) is 12.1 Å². The number of hydrogen-bond donors (Lipinski definition) is 1. The lowest BCUT2D eigenvalue weighted by Crippen LogP contribution is -2.30. The van der Waals surface area contributed by atoms with Crippen LogP contribution in [0.4, 0.5) is 4.79 Å². The zero-order chi connectivity index (χ0) is 10.3. The van der Waals surface area contributed by atoms with Gasteiger partial charge in [-0.15, -0.1) is 11.3 Å². The maximum absolute atomic E-state index is 11.2. The minimum atomic E-state index is -0.307. The van der Waals surface area contributed by atoms with Crippen LogP contribution in [-0.2, 0) is 0 Å². The predicted molar refractivity (Wildman–Crippen MR) is 54.4 cm³/mol. The number of rotatable bonds is 1. The summed E-state index contributed by atoms with van der Waals surface area (Å²) >= 11 is 1.54. The number of amides is 2. The summed E-state index contributed by atoms with van der Waals surface area (Å²) in [5, 5.41) is 2.86. The van der Waals surface area contributed by atoms with Crippen molar-refractivity contribution in [1.29, 1.82) is 0 Å². The third kappa shape index (κ3) is 1.27. The second-order valence-corrected chi connectivity index (χ2v) is 4.19. The molecule has 14 heavy (non-hydrogen) atoms. The van der Waals surface area contributed by atoms with Crippen molar-refractivity contribution < 1.29 is 4.79 Å². The highest BCUT2D eigenvalue weighted by atomic mass is 32.1. The zero-order valence-electron chi connectivity index (χ0n) is 7.89. The second kappa shape index (κ2) is 3.06. The van der Waals surface area contributed by atoms with Gasteiger partial charge in [0.2, 0.25) is 0 Å². The Balaban J connectivity index is 2.36. The number of amidine groups is 1. The first-order valence-electron chi connectivity index (χ1n) is 4.12. The van der Waals surface area contributed by atoms with Gasteiger partial charge in [-0.2, -0.15) is 4.99 Å². The van der Waals surface area contributed by atoms with Crippen LogP contribution in [0.25, 0.3) is 0 Å². The van der Waals surface area contributed by atoms with Gasteiger partial charge in [0.25, 0.3) is 0 Å². The quantitative estimate of drug-likeness (QED) is 0.749. The predicted octanol–water partition coefficient (Wildman–Crippen LogP) is 0.915. The average Bonchev–Trinajstić information content (AvgIpc) is 2.60. The van der Waals surface area contributed by atoms with Crippen molar-refractivity contribution in [2.75, 3.05) is 7.05 Å². The molecule has 0 saturated heterocycles. The summed E-state index contributed by atoms with van der Waals surface area (Å²) in [5.41, 5.74) is 6.45. The molecule has 1 aliphatic rings. The number of aryl methyl sites for hydroxylation is 1. The molecule has 74 valence electrons. The number of thiazole rings is 1. The fourth-order valence-corrected chi connectivity index (χ4v) is 2.05. The summed E-state index contributed by atoms with van der Waals surface area (Å²) in [7, 11) is 1.67. The molecule has 2 rings (SSSR count). The maximum Gasteiger partial charge on any atom is 0.345 e. The zero-order valence-corrected chi connectivity index (χ0v) is 8.71. The van der Waals surface area contributed by atoms with Crippen LogP contribution < -0.4 is 5.73 Å². The molecule has 1 unspecified atom stereocenters. The summed E-state index contributed by atoms with van der Waals surface area (Å²) in [4.78, 5) is 20.7. The first-order valence-corrected chi connectivity index (χ1v) is 5.00. The molecular formula is C8H10N4OS. The van der Waals surface area contributed by atoms with Gasteiger partial charge in [-0.25, -0.2) is 9.78 Å². The van der Waals surface area contributed by atoms with Gasteiger partial charge in [0.05, 0.1) is 10.7 Å². The molecule has 0 fully saturated rings. The molecular weight excluding hydrogens is 200 g/mol. The van der Waals surface area contributed by atoms with Gasteiger partial charge in [0, 0.05) is 12.4 Å². The largest absolute Gasteiger partial charge is 0.385 e. The molecule has 0 saturated carbocycles. The number of likely N-dealkylation sites (N-methyl/N-ethyl adjacent to an activating group) is 1. The molecule has 1 aliphatic heterocycles. The highest BCUT2D eigenvalue weighted by Crippen LogP contribution is 2.25. The van der Waals surface area contributed by atoms with Gasteiger partial charge in [-0.3, -0.25) is 0 Å². The Morgan fingerprint density at radius 3 is 2.79 bits per heavy atom. The Bertz CT molecular complexity index is 411. The number of aliphatic imine (C=N–C) groups is 1. The lowest BCUT2D eigenvalue weighted by molar-refractivity contribution is 0.218. The summed E-state index contributed by atoms with van der Waals surface area (Å²) in [6.45, 7) is 1.91. The normalized spacial score (nSPS) is 21.6. The molecule has 2 amide bonds. The first-order chi connectivity index (χ1) is 6.59. The van der Waals surface area contributed by atoms with E-state index in [0.29, 0.717) is 5.84 Å². The van der Waals surface area contributed by atoms with E-state index >= 15 is 0 Å². The van der Waals surface area contributed by atoms with E-state index in [0.717, 1.165) is 10.7 Å². The maximum atomic E-state index is 11.2. The third-order valence-electron chi connectivity index (χ3n) is 2.11. The summed E-state index contributed by atoms with van der Waals surface area (Å²) in [6, 6.07) is -0.592. The van der Waals surface area contributed by atoms with Crippen molar-refractivity contribution in [2.45, 2.75) is 13.0 Å². The van der Waals surface area contributed by atoms with E-state index < -0.39 is 0 Å². The van der Waals surface area contributed by atoms with Gasteiger partial charge in [-0.1, -0.05) is 0 Å². The molecule has 0 radical (unpaired) electrons. The van der Waals surface area contributed by atoms with Crippen molar-refractivity contribution in [1.82, 2.24) is 9.88 Å². The monoisotopic (exact) mass is 210 g/mol. The number of carbonyl (C=O) groups is 1. The minimum Gasteiger partial charge on any atom is -0.385 e. The molecule has 5 nitrogen and oxygen atoms in total. The fourth-order valence-electron chi connectivity index (χ4n) is 1.41. The van der Waals surface area contributed by atoms with Crippen LogP contribution >= 0.6 is 11.3 Å². The fraction of sp³-hybridized carbons (Fsp3) is 0.375. The van der Waals surface area contributed by atoms with Gasteiger partial charge >= 0.3 is 6.03 Å². The molecule has 2 heterocycles. The highest BCUT2D eigenvalue weighted by Gasteiger charge is 2.32. The van der Waals surface area contributed by atoms with E-state index in [1.807, 2.05) is 12.3 Å². The van der Waals surface area contributed by atoms with Crippen molar-refractivity contribution in [3.63, 3.8) is 0 Å². The lowest BCUT2D eigenvalue weighted by Gasteiger charge is -2.16. The molecule has 2 N–H and O–H groups in total. The first kappa shape index (κ1) is 9.14. The number of nitrogens with zero attached hydrogens (tertiary/aromatic N) is 3. The van der Waals surface area contributed by atoms with Gasteiger partial charge in [0.15, 0.2) is 0 Å². The lowest BCUT2D eigenvalue weighted by atomic mass is 10.2. The second-order valence-electron chi connectivity index (χ2n) is 3.12. The molecule has 1 aromatic rings. The molecule has 0 spiro atoms. The number of nitrogens with two attached hydrogens (primary N) is 1. The van der Waals surface area contributed by atoms with Crippen LogP contribution in [0.1, 0.15) is 16.7 Å². The Kier molecular flexibility index (Phi) is 1.99. The molecule has 1 aromatic heterocycles. The average molecular weight is 210 g/mol. The number of carbonyl (C=O) groups excluding carboxylic acids is 1. The van der Waals surface area contributed by atoms with Crippen LogP contribution in [0.2, 0.25) is 0 Å². The van der Waals surface area contributed by atoms with Crippen LogP contribution in [0.5, 0.6) is 0 Å². The number of aromatic nitrogens is 1. The van der Waals surface area contributed by atoms with E-state index in [1.54, 1.807) is 7.05 Å². The Hall–Kier alpha value is -1.43. The van der Waals surface area contributed by atoms with Crippen LogP contribution in [0.15, 0.2) is 10.4 Å². The van der Waals surface area contributed by atoms with Gasteiger partial charge in [-0.05, 0) is 6.92 Å². The Morgan fingerprint density at radius 2 is 2.36 bits per heavy atom. The van der Waals surface area contributed by atoms with E-state index in [1.165, 1.54) is 16.2 Å².